The van der Waals surface area contributed by atoms with Crippen LogP contribution in [0, 0.1) is 0 Å². The number of aliphatic hydroxyl groups is 1. The van der Waals surface area contributed by atoms with Crippen molar-refractivity contribution in [2.75, 3.05) is 6.79 Å². The van der Waals surface area contributed by atoms with E-state index in [-0.39, 0.29) is 19.5 Å². The van der Waals surface area contributed by atoms with Gasteiger partial charge in [0.25, 0.3) is 0 Å². The first-order chi connectivity index (χ1) is 8.35. The van der Waals surface area contributed by atoms with Crippen molar-refractivity contribution in [3.63, 3.8) is 0 Å². The lowest BCUT2D eigenvalue weighted by Gasteiger charge is -2.01. The van der Waals surface area contributed by atoms with Gasteiger partial charge in [-0.3, -0.25) is 0 Å². The Hall–Kier alpha value is -2.21. The molecule has 1 aliphatic heterocycles. The topological polar surface area (TPSA) is 74.0 Å². The van der Waals surface area contributed by atoms with Gasteiger partial charge in [0.1, 0.15) is 17.7 Å². The van der Waals surface area contributed by atoms with E-state index in [1.807, 2.05) is 0 Å². The summed E-state index contributed by atoms with van der Waals surface area (Å²) in [4.78, 5) is 3.91. The summed E-state index contributed by atoms with van der Waals surface area (Å²) in [6.07, 6.45) is 1.41. The van der Waals surface area contributed by atoms with Crippen LogP contribution in [0.15, 0.2) is 28.9 Å². The molecule has 0 fully saturated rings. The fourth-order valence-electron chi connectivity index (χ4n) is 1.45. The summed E-state index contributed by atoms with van der Waals surface area (Å²) in [6, 6.07) is 5.15. The number of rotatable bonds is 3. The van der Waals surface area contributed by atoms with Crippen LogP contribution in [0.4, 0.5) is 0 Å². The second-order valence-electron chi connectivity index (χ2n) is 3.38. The fourth-order valence-corrected chi connectivity index (χ4v) is 1.45. The Kier molecular flexibility index (Phi) is 2.34. The predicted octanol–water partition coefficient (Wildman–Crippen LogP) is 1.69. The molecule has 1 N–H and O–H groups in total. The number of oxazole rings is 1. The fraction of sp³-hybridized carbons (Fsp3) is 0.182. The van der Waals surface area contributed by atoms with E-state index in [4.69, 9.17) is 23.7 Å². The third kappa shape index (κ3) is 1.90. The van der Waals surface area contributed by atoms with Gasteiger partial charge in [-0.05, 0) is 12.1 Å². The minimum absolute atomic E-state index is 0.0768. The van der Waals surface area contributed by atoms with Crippen LogP contribution in [0.3, 0.4) is 0 Å². The van der Waals surface area contributed by atoms with Crippen LogP contribution in [-0.4, -0.2) is 16.9 Å². The highest BCUT2D eigenvalue weighted by Gasteiger charge is 2.15. The number of aromatic nitrogens is 1. The predicted molar refractivity (Wildman–Crippen MR) is 55.1 cm³/mol. The van der Waals surface area contributed by atoms with Crippen LogP contribution in [0.2, 0.25) is 0 Å². The number of fused-ring (bicyclic) bond motifs is 1. The summed E-state index contributed by atoms with van der Waals surface area (Å²) < 4.78 is 20.8. The lowest BCUT2D eigenvalue weighted by Crippen LogP contribution is -1.92. The summed E-state index contributed by atoms with van der Waals surface area (Å²) in [5.41, 5.74) is 0.417. The van der Waals surface area contributed by atoms with E-state index >= 15 is 0 Å². The Labute approximate surface area is 96.4 Å². The number of hydrogen-bond acceptors (Lipinski definition) is 6. The van der Waals surface area contributed by atoms with Crippen molar-refractivity contribution < 1.29 is 23.7 Å². The first-order valence-electron chi connectivity index (χ1n) is 4.98. The second-order valence-corrected chi connectivity index (χ2v) is 3.38. The molecule has 0 atom stereocenters. The van der Waals surface area contributed by atoms with Crippen molar-refractivity contribution >= 4 is 0 Å². The molecule has 0 radical (unpaired) electrons. The van der Waals surface area contributed by atoms with Crippen molar-refractivity contribution in [3.8, 4) is 23.3 Å². The number of benzene rings is 1. The zero-order valence-electron chi connectivity index (χ0n) is 8.75. The van der Waals surface area contributed by atoms with Crippen molar-refractivity contribution in [1.29, 1.82) is 0 Å². The minimum atomic E-state index is -0.187. The summed E-state index contributed by atoms with van der Waals surface area (Å²) in [6.45, 7) is 0.0282. The van der Waals surface area contributed by atoms with E-state index in [1.54, 1.807) is 18.2 Å². The van der Waals surface area contributed by atoms with Crippen LogP contribution in [-0.2, 0) is 6.61 Å². The van der Waals surface area contributed by atoms with E-state index < -0.39 is 0 Å². The lowest BCUT2D eigenvalue weighted by atomic mass is 10.3. The Bertz CT molecular complexity index is 536. The smallest absolute Gasteiger partial charge is 0.399 e. The van der Waals surface area contributed by atoms with Gasteiger partial charge < -0.3 is 23.7 Å². The molecule has 0 unspecified atom stereocenters. The average Bonchev–Trinajstić information content (AvgIpc) is 2.96. The van der Waals surface area contributed by atoms with Gasteiger partial charge in [-0.2, -0.15) is 4.98 Å². The van der Waals surface area contributed by atoms with E-state index in [2.05, 4.69) is 4.98 Å². The molecule has 6 nitrogen and oxygen atoms in total. The average molecular weight is 235 g/mol. The third-order valence-corrected chi connectivity index (χ3v) is 2.24. The molecule has 3 rings (SSSR count). The molecule has 6 heteroatoms. The summed E-state index contributed by atoms with van der Waals surface area (Å²) >= 11 is 0. The second kappa shape index (κ2) is 3.99. The van der Waals surface area contributed by atoms with Crippen LogP contribution < -0.4 is 14.2 Å². The van der Waals surface area contributed by atoms with Gasteiger partial charge in [-0.15, -0.1) is 0 Å². The minimum Gasteiger partial charge on any atom is -0.454 e. The molecular formula is C11H9NO5. The van der Waals surface area contributed by atoms with E-state index in [1.165, 1.54) is 6.26 Å². The van der Waals surface area contributed by atoms with Crippen molar-refractivity contribution in [3.05, 3.63) is 30.2 Å². The van der Waals surface area contributed by atoms with E-state index in [9.17, 15) is 0 Å². The maximum atomic E-state index is 8.83. The summed E-state index contributed by atoms with van der Waals surface area (Å²) in [7, 11) is 0. The standard InChI is InChI=1S/C11H9NO5/c13-4-7-5-14-11(12-7)17-8-1-2-9-10(3-8)16-6-15-9/h1-3,5,13H,4,6H2. The molecule has 0 saturated heterocycles. The highest BCUT2D eigenvalue weighted by molar-refractivity contribution is 5.47. The Morgan fingerprint density at radius 2 is 2.18 bits per heavy atom. The molecule has 0 amide bonds. The highest BCUT2D eigenvalue weighted by atomic mass is 16.7. The molecule has 0 spiro atoms. The molecule has 0 bridgehead atoms. The molecule has 2 aromatic rings. The monoisotopic (exact) mass is 235 g/mol. The van der Waals surface area contributed by atoms with Crippen molar-refractivity contribution in [2.24, 2.45) is 0 Å². The Balaban J connectivity index is 1.80. The first-order valence-corrected chi connectivity index (χ1v) is 4.98. The third-order valence-electron chi connectivity index (χ3n) is 2.24. The van der Waals surface area contributed by atoms with Gasteiger partial charge in [0.2, 0.25) is 6.79 Å². The van der Waals surface area contributed by atoms with Crippen LogP contribution >= 0.6 is 0 Å². The van der Waals surface area contributed by atoms with Crippen LogP contribution in [0.5, 0.6) is 23.3 Å². The van der Waals surface area contributed by atoms with Gasteiger partial charge in [0.05, 0.1) is 6.61 Å². The molecular weight excluding hydrogens is 226 g/mol. The normalized spacial score (nSPS) is 12.8. The van der Waals surface area contributed by atoms with Crippen LogP contribution in [0.1, 0.15) is 5.69 Å². The molecule has 88 valence electrons. The molecule has 1 aliphatic rings. The number of nitrogens with zero attached hydrogens (tertiary/aromatic N) is 1. The maximum Gasteiger partial charge on any atom is 0.399 e. The number of aliphatic hydroxyl groups excluding tert-OH is 1. The quantitative estimate of drug-likeness (QED) is 0.872. The lowest BCUT2D eigenvalue weighted by molar-refractivity contribution is 0.174. The SMILES string of the molecule is OCc1coc(Oc2ccc3c(c2)OCO3)n1. The van der Waals surface area contributed by atoms with Gasteiger partial charge in [-0.1, -0.05) is 0 Å². The summed E-state index contributed by atoms with van der Waals surface area (Å²) in [5, 5.41) is 8.83. The van der Waals surface area contributed by atoms with E-state index in [0.717, 1.165) is 0 Å². The molecule has 2 heterocycles. The Morgan fingerprint density at radius 1 is 1.29 bits per heavy atom. The highest BCUT2D eigenvalue weighted by Crippen LogP contribution is 2.36. The maximum absolute atomic E-state index is 8.83. The zero-order chi connectivity index (χ0) is 11.7. The summed E-state index contributed by atoms with van der Waals surface area (Å²) in [5.74, 6) is 1.83. The number of hydrogen-bond donors (Lipinski definition) is 1. The van der Waals surface area contributed by atoms with Crippen molar-refractivity contribution in [1.82, 2.24) is 4.98 Å². The Morgan fingerprint density at radius 3 is 3.00 bits per heavy atom. The molecule has 17 heavy (non-hydrogen) atoms. The van der Waals surface area contributed by atoms with Crippen LogP contribution in [0.25, 0.3) is 0 Å². The van der Waals surface area contributed by atoms with Gasteiger partial charge >= 0.3 is 6.08 Å². The largest absolute Gasteiger partial charge is 0.454 e. The first kappa shape index (κ1) is 9.98. The van der Waals surface area contributed by atoms with Gasteiger partial charge in [-0.25, -0.2) is 0 Å². The molecule has 0 aliphatic carbocycles. The molecule has 1 aromatic carbocycles. The zero-order valence-corrected chi connectivity index (χ0v) is 8.75. The van der Waals surface area contributed by atoms with Gasteiger partial charge in [0.15, 0.2) is 11.5 Å². The van der Waals surface area contributed by atoms with E-state index in [0.29, 0.717) is 22.9 Å². The molecule has 0 saturated carbocycles. The van der Waals surface area contributed by atoms with Crippen molar-refractivity contribution in [2.45, 2.75) is 6.61 Å². The number of ether oxygens (including phenoxy) is 3. The molecule has 1 aromatic heterocycles. The van der Waals surface area contributed by atoms with Gasteiger partial charge in [0, 0.05) is 6.07 Å².